The predicted octanol–water partition coefficient (Wildman–Crippen LogP) is 4.51. The molecule has 0 aliphatic carbocycles. The minimum atomic E-state index is -4.74. The van der Waals surface area contributed by atoms with E-state index in [-0.39, 0.29) is 24.0 Å². The number of benzene rings is 2. The van der Waals surface area contributed by atoms with E-state index in [0.29, 0.717) is 11.3 Å². The van der Waals surface area contributed by atoms with Crippen LogP contribution in [0.1, 0.15) is 16.1 Å². The second kappa shape index (κ2) is 7.53. The molecule has 0 atom stereocenters. The molecule has 5 nitrogen and oxygen atoms in total. The first-order chi connectivity index (χ1) is 12.8. The van der Waals surface area contributed by atoms with Gasteiger partial charge in [-0.1, -0.05) is 47.6 Å². The van der Waals surface area contributed by atoms with Crippen LogP contribution in [-0.4, -0.2) is 29.4 Å². The fourth-order valence-electron chi connectivity index (χ4n) is 2.45. The number of rotatable bonds is 5. The molecule has 27 heavy (non-hydrogen) atoms. The number of ether oxygens (including phenoxy) is 1. The van der Waals surface area contributed by atoms with Crippen LogP contribution >= 0.6 is 0 Å². The molecular weight excluding hydrogens is 361 g/mol. The molecule has 0 unspecified atom stereocenters. The van der Waals surface area contributed by atoms with Gasteiger partial charge in [-0.3, -0.25) is 4.79 Å². The summed E-state index contributed by atoms with van der Waals surface area (Å²) in [5, 5.41) is 3.90. The number of aromatic nitrogens is 1. The summed E-state index contributed by atoms with van der Waals surface area (Å²) in [6.07, 6.45) is -4.74. The zero-order valence-electron chi connectivity index (χ0n) is 14.2. The van der Waals surface area contributed by atoms with Gasteiger partial charge < -0.3 is 14.2 Å². The molecule has 0 bridgehead atoms. The molecule has 8 heteroatoms. The third kappa shape index (κ3) is 4.87. The van der Waals surface area contributed by atoms with Crippen molar-refractivity contribution >= 4 is 5.91 Å². The number of carbonyl (C=O) groups is 1. The van der Waals surface area contributed by atoms with Crippen LogP contribution in [0.25, 0.3) is 11.3 Å². The van der Waals surface area contributed by atoms with Crippen molar-refractivity contribution in [2.45, 2.75) is 12.9 Å². The van der Waals surface area contributed by atoms with Gasteiger partial charge >= 0.3 is 6.36 Å². The summed E-state index contributed by atoms with van der Waals surface area (Å²) in [7, 11) is 1.56. The Hall–Kier alpha value is -3.29. The fraction of sp³-hybridized carbons (Fsp3) is 0.158. The summed E-state index contributed by atoms with van der Waals surface area (Å²) in [6, 6.07) is 16.1. The Morgan fingerprint density at radius 2 is 1.78 bits per heavy atom. The largest absolute Gasteiger partial charge is 0.573 e. The van der Waals surface area contributed by atoms with Crippen molar-refractivity contribution in [2.24, 2.45) is 0 Å². The van der Waals surface area contributed by atoms with Crippen molar-refractivity contribution < 1.29 is 27.2 Å². The third-order valence-corrected chi connectivity index (χ3v) is 3.71. The summed E-state index contributed by atoms with van der Waals surface area (Å²) in [5.41, 5.74) is 2.01. The standard InChI is InChI=1S/C19H15F3N2O3/c1-24(12-13-7-9-15(10-8-13)26-19(20,21)22)18(25)17-11-16(23-27-17)14-5-3-2-4-6-14/h2-11H,12H2,1H3. The first-order valence-corrected chi connectivity index (χ1v) is 7.94. The molecule has 3 rings (SSSR count). The van der Waals surface area contributed by atoms with Crippen LogP contribution in [0.2, 0.25) is 0 Å². The van der Waals surface area contributed by atoms with E-state index in [2.05, 4.69) is 9.89 Å². The molecule has 140 valence electrons. The molecule has 1 amide bonds. The molecular formula is C19H15F3N2O3. The molecule has 1 aromatic heterocycles. The average Bonchev–Trinajstić information content (AvgIpc) is 3.12. The van der Waals surface area contributed by atoms with Crippen LogP contribution in [0.15, 0.2) is 65.2 Å². The van der Waals surface area contributed by atoms with Gasteiger partial charge in [-0.2, -0.15) is 0 Å². The number of hydrogen-bond donors (Lipinski definition) is 0. The van der Waals surface area contributed by atoms with Crippen molar-refractivity contribution in [1.82, 2.24) is 10.1 Å². The van der Waals surface area contributed by atoms with E-state index in [9.17, 15) is 18.0 Å². The van der Waals surface area contributed by atoms with Gasteiger partial charge in [0.2, 0.25) is 5.76 Å². The lowest BCUT2D eigenvalue weighted by Crippen LogP contribution is -2.25. The zero-order chi connectivity index (χ0) is 19.4. The molecule has 2 aromatic carbocycles. The lowest BCUT2D eigenvalue weighted by Gasteiger charge is -2.16. The highest BCUT2D eigenvalue weighted by Gasteiger charge is 2.31. The van der Waals surface area contributed by atoms with E-state index in [1.165, 1.54) is 29.2 Å². The van der Waals surface area contributed by atoms with Crippen LogP contribution in [0.4, 0.5) is 13.2 Å². The molecule has 0 N–H and O–H groups in total. The van der Waals surface area contributed by atoms with Gasteiger partial charge in [-0.25, -0.2) is 0 Å². The van der Waals surface area contributed by atoms with Crippen molar-refractivity contribution in [3.63, 3.8) is 0 Å². The SMILES string of the molecule is CN(Cc1ccc(OC(F)(F)F)cc1)C(=O)c1cc(-c2ccccc2)no1. The molecule has 0 saturated carbocycles. The quantitative estimate of drug-likeness (QED) is 0.657. The normalized spacial score (nSPS) is 11.3. The summed E-state index contributed by atoms with van der Waals surface area (Å²) in [5.74, 6) is -0.628. The summed E-state index contributed by atoms with van der Waals surface area (Å²) in [6.45, 7) is 0.187. The first kappa shape index (κ1) is 18.5. The molecule has 0 saturated heterocycles. The van der Waals surface area contributed by atoms with Crippen molar-refractivity contribution in [1.29, 1.82) is 0 Å². The smallest absolute Gasteiger partial charge is 0.406 e. The molecule has 0 aliphatic heterocycles. The number of alkyl halides is 3. The van der Waals surface area contributed by atoms with Gasteiger partial charge in [0, 0.05) is 25.2 Å². The minimum absolute atomic E-state index is 0.0772. The molecule has 0 fully saturated rings. The van der Waals surface area contributed by atoms with Crippen LogP contribution in [-0.2, 0) is 6.54 Å². The third-order valence-electron chi connectivity index (χ3n) is 3.71. The second-order valence-corrected chi connectivity index (χ2v) is 5.80. The number of halogens is 3. The maximum absolute atomic E-state index is 12.5. The molecule has 3 aromatic rings. The lowest BCUT2D eigenvalue weighted by atomic mass is 10.1. The van der Waals surface area contributed by atoms with E-state index in [0.717, 1.165) is 5.56 Å². The maximum atomic E-state index is 12.5. The monoisotopic (exact) mass is 376 g/mol. The highest BCUT2D eigenvalue weighted by Crippen LogP contribution is 2.23. The Bertz CT molecular complexity index is 906. The topological polar surface area (TPSA) is 55.6 Å². The summed E-state index contributed by atoms with van der Waals surface area (Å²) < 4.78 is 45.5. The van der Waals surface area contributed by atoms with E-state index < -0.39 is 6.36 Å². The Balaban J connectivity index is 1.65. The van der Waals surface area contributed by atoms with Gasteiger partial charge in [0.25, 0.3) is 5.91 Å². The molecule has 0 spiro atoms. The summed E-state index contributed by atoms with van der Waals surface area (Å²) >= 11 is 0. The van der Waals surface area contributed by atoms with Crippen LogP contribution in [0.5, 0.6) is 5.75 Å². The first-order valence-electron chi connectivity index (χ1n) is 7.94. The van der Waals surface area contributed by atoms with Gasteiger partial charge in [-0.15, -0.1) is 13.2 Å². The number of nitrogens with zero attached hydrogens (tertiary/aromatic N) is 2. The Morgan fingerprint density at radius 1 is 1.11 bits per heavy atom. The molecule has 1 heterocycles. The summed E-state index contributed by atoms with van der Waals surface area (Å²) in [4.78, 5) is 13.9. The highest BCUT2D eigenvalue weighted by atomic mass is 19.4. The number of amides is 1. The zero-order valence-corrected chi connectivity index (χ0v) is 14.2. The van der Waals surface area contributed by atoms with E-state index >= 15 is 0 Å². The van der Waals surface area contributed by atoms with Gasteiger partial charge in [0.05, 0.1) is 0 Å². The van der Waals surface area contributed by atoms with Crippen molar-refractivity contribution in [3.8, 4) is 17.0 Å². The van der Waals surface area contributed by atoms with Gasteiger partial charge in [0.15, 0.2) is 0 Å². The van der Waals surface area contributed by atoms with Crippen molar-refractivity contribution in [2.75, 3.05) is 7.05 Å². The lowest BCUT2D eigenvalue weighted by molar-refractivity contribution is -0.274. The number of hydrogen-bond acceptors (Lipinski definition) is 4. The predicted molar refractivity (Wildman–Crippen MR) is 90.9 cm³/mol. The van der Waals surface area contributed by atoms with Crippen LogP contribution < -0.4 is 4.74 Å². The van der Waals surface area contributed by atoms with E-state index in [1.54, 1.807) is 13.1 Å². The number of carbonyl (C=O) groups excluding carboxylic acids is 1. The van der Waals surface area contributed by atoms with Gasteiger partial charge in [-0.05, 0) is 17.7 Å². The van der Waals surface area contributed by atoms with E-state index in [1.807, 2.05) is 30.3 Å². The minimum Gasteiger partial charge on any atom is -0.406 e. The maximum Gasteiger partial charge on any atom is 0.573 e. The fourth-order valence-corrected chi connectivity index (χ4v) is 2.45. The average molecular weight is 376 g/mol. The Kier molecular flexibility index (Phi) is 5.16. The van der Waals surface area contributed by atoms with Crippen LogP contribution in [0, 0.1) is 0 Å². The Labute approximate surface area is 153 Å². The molecule has 0 aliphatic rings. The molecule has 0 radical (unpaired) electrons. The van der Waals surface area contributed by atoms with Crippen molar-refractivity contribution in [3.05, 3.63) is 72.0 Å². The van der Waals surface area contributed by atoms with E-state index in [4.69, 9.17) is 4.52 Å². The van der Waals surface area contributed by atoms with Crippen LogP contribution in [0.3, 0.4) is 0 Å². The second-order valence-electron chi connectivity index (χ2n) is 5.80. The highest BCUT2D eigenvalue weighted by molar-refractivity contribution is 5.92. The van der Waals surface area contributed by atoms with Gasteiger partial charge in [0.1, 0.15) is 11.4 Å². The Morgan fingerprint density at radius 3 is 2.41 bits per heavy atom.